The fraction of sp³-hybridized carbons (Fsp3) is 0.381. The van der Waals surface area contributed by atoms with Gasteiger partial charge in [-0.25, -0.2) is 0 Å². The lowest BCUT2D eigenvalue weighted by atomic mass is 9.87. The number of likely N-dealkylation sites (tertiary alicyclic amines) is 1. The Morgan fingerprint density at radius 3 is 2.29 bits per heavy atom. The van der Waals surface area contributed by atoms with E-state index in [2.05, 4.69) is 5.32 Å². The standard InChI is InChI=1S/C21H21F3N2O2/c22-21(23,24)13-26-10-9-14(12-26)11-25-20(27)19-15-5-1-3-7-17(15)28-18-8-4-2-6-16(18)19/h1-8,14,19H,9-13H2,(H,25,27)/t14-/m0/s1. The van der Waals surface area contributed by atoms with Crippen molar-refractivity contribution in [2.45, 2.75) is 18.5 Å². The van der Waals surface area contributed by atoms with Gasteiger partial charge in [0.25, 0.3) is 0 Å². The molecule has 0 aromatic heterocycles. The average Bonchev–Trinajstić information content (AvgIpc) is 3.09. The molecule has 0 saturated carbocycles. The number of carbonyl (C=O) groups is 1. The third kappa shape index (κ3) is 3.99. The second kappa shape index (κ2) is 7.47. The van der Waals surface area contributed by atoms with Gasteiger partial charge < -0.3 is 10.1 Å². The maximum Gasteiger partial charge on any atom is 0.401 e. The molecule has 0 bridgehead atoms. The molecule has 2 aromatic rings. The molecule has 0 aliphatic carbocycles. The van der Waals surface area contributed by atoms with Crippen molar-refractivity contribution in [3.05, 3.63) is 59.7 Å². The van der Waals surface area contributed by atoms with Gasteiger partial charge in [-0.05, 0) is 31.0 Å². The Bertz CT molecular complexity index is 823. The predicted octanol–water partition coefficient (Wildman–Crippen LogP) is 3.92. The van der Waals surface area contributed by atoms with E-state index in [9.17, 15) is 18.0 Å². The number of ether oxygens (including phenoxy) is 1. The summed E-state index contributed by atoms with van der Waals surface area (Å²) in [5.74, 6) is 0.681. The Balaban J connectivity index is 1.44. The Morgan fingerprint density at radius 2 is 1.68 bits per heavy atom. The number of fused-ring (bicyclic) bond motifs is 2. The van der Waals surface area contributed by atoms with Gasteiger partial charge in [-0.15, -0.1) is 0 Å². The van der Waals surface area contributed by atoms with Crippen molar-refractivity contribution < 1.29 is 22.7 Å². The number of alkyl halides is 3. The van der Waals surface area contributed by atoms with Gasteiger partial charge in [0.1, 0.15) is 11.5 Å². The summed E-state index contributed by atoms with van der Waals surface area (Å²) in [5, 5.41) is 2.96. The summed E-state index contributed by atoms with van der Waals surface area (Å²) >= 11 is 0. The molecule has 0 unspecified atom stereocenters. The predicted molar refractivity (Wildman–Crippen MR) is 98.4 cm³/mol. The average molecular weight is 390 g/mol. The first kappa shape index (κ1) is 18.8. The van der Waals surface area contributed by atoms with Gasteiger partial charge in [-0.1, -0.05) is 36.4 Å². The molecule has 1 atom stereocenters. The zero-order chi connectivity index (χ0) is 19.7. The molecule has 2 aromatic carbocycles. The molecule has 0 spiro atoms. The highest BCUT2D eigenvalue weighted by molar-refractivity contribution is 5.89. The fourth-order valence-corrected chi connectivity index (χ4v) is 4.02. The van der Waals surface area contributed by atoms with Crippen LogP contribution in [0, 0.1) is 5.92 Å². The van der Waals surface area contributed by atoms with Gasteiger partial charge >= 0.3 is 6.18 Å². The number of nitrogens with zero attached hydrogens (tertiary/aromatic N) is 1. The van der Waals surface area contributed by atoms with Gasteiger partial charge in [0.05, 0.1) is 12.5 Å². The largest absolute Gasteiger partial charge is 0.457 e. The van der Waals surface area contributed by atoms with Crippen LogP contribution in [-0.2, 0) is 4.79 Å². The van der Waals surface area contributed by atoms with Gasteiger partial charge in [0.2, 0.25) is 5.91 Å². The monoisotopic (exact) mass is 390 g/mol. The molecule has 28 heavy (non-hydrogen) atoms. The third-order valence-electron chi connectivity index (χ3n) is 5.28. The zero-order valence-corrected chi connectivity index (χ0v) is 15.2. The minimum Gasteiger partial charge on any atom is -0.457 e. The van der Waals surface area contributed by atoms with E-state index in [4.69, 9.17) is 4.74 Å². The smallest absolute Gasteiger partial charge is 0.401 e. The minimum absolute atomic E-state index is 0.0247. The van der Waals surface area contributed by atoms with Gasteiger partial charge in [-0.3, -0.25) is 9.69 Å². The molecule has 2 aliphatic heterocycles. The van der Waals surface area contributed by atoms with E-state index < -0.39 is 18.6 Å². The van der Waals surface area contributed by atoms with Gasteiger partial charge in [0.15, 0.2) is 0 Å². The summed E-state index contributed by atoms with van der Waals surface area (Å²) in [6.07, 6.45) is -3.54. The Morgan fingerprint density at radius 1 is 1.07 bits per heavy atom. The van der Waals surface area contributed by atoms with E-state index in [0.29, 0.717) is 37.6 Å². The lowest BCUT2D eigenvalue weighted by molar-refractivity contribution is -0.143. The van der Waals surface area contributed by atoms with E-state index in [1.165, 1.54) is 4.90 Å². The lowest BCUT2D eigenvalue weighted by Crippen LogP contribution is -2.37. The van der Waals surface area contributed by atoms with Crippen molar-refractivity contribution in [3.63, 3.8) is 0 Å². The quantitative estimate of drug-likeness (QED) is 0.860. The van der Waals surface area contributed by atoms with Crippen molar-refractivity contribution in [1.82, 2.24) is 10.2 Å². The molecule has 1 N–H and O–H groups in total. The Labute approximate surface area is 161 Å². The van der Waals surface area contributed by atoms with Gasteiger partial charge in [-0.2, -0.15) is 13.2 Å². The summed E-state index contributed by atoms with van der Waals surface area (Å²) in [6.45, 7) is 0.233. The molecule has 1 fully saturated rings. The number of para-hydroxylation sites is 2. The van der Waals surface area contributed by atoms with Crippen LogP contribution in [0.5, 0.6) is 11.5 Å². The van der Waals surface area contributed by atoms with Crippen LogP contribution in [0.2, 0.25) is 0 Å². The van der Waals surface area contributed by atoms with Crippen LogP contribution in [0.15, 0.2) is 48.5 Å². The molecule has 2 heterocycles. The minimum atomic E-state index is -4.19. The summed E-state index contributed by atoms with van der Waals surface area (Å²) in [6, 6.07) is 14.8. The number of benzene rings is 2. The van der Waals surface area contributed by atoms with Gasteiger partial charge in [0, 0.05) is 24.2 Å². The number of nitrogens with one attached hydrogen (secondary N) is 1. The van der Waals surface area contributed by atoms with Crippen LogP contribution >= 0.6 is 0 Å². The number of rotatable bonds is 4. The number of hydrogen-bond donors (Lipinski definition) is 1. The van der Waals surface area contributed by atoms with E-state index in [1.807, 2.05) is 48.5 Å². The maximum atomic E-state index is 13.0. The van der Waals surface area contributed by atoms with E-state index in [0.717, 1.165) is 11.1 Å². The second-order valence-corrected chi connectivity index (χ2v) is 7.36. The van der Waals surface area contributed by atoms with E-state index in [1.54, 1.807) is 0 Å². The highest BCUT2D eigenvalue weighted by Gasteiger charge is 2.35. The van der Waals surface area contributed by atoms with E-state index in [-0.39, 0.29) is 11.8 Å². The van der Waals surface area contributed by atoms with Crippen molar-refractivity contribution in [1.29, 1.82) is 0 Å². The highest BCUT2D eigenvalue weighted by atomic mass is 19.4. The number of amides is 1. The van der Waals surface area contributed by atoms with Crippen LogP contribution in [0.3, 0.4) is 0 Å². The summed E-state index contributed by atoms with van der Waals surface area (Å²) in [7, 11) is 0. The van der Waals surface area contributed by atoms with Crippen molar-refractivity contribution in [2.75, 3.05) is 26.2 Å². The zero-order valence-electron chi connectivity index (χ0n) is 15.2. The van der Waals surface area contributed by atoms with Crippen molar-refractivity contribution in [2.24, 2.45) is 5.92 Å². The molecular weight excluding hydrogens is 369 g/mol. The van der Waals surface area contributed by atoms with Crippen LogP contribution in [0.25, 0.3) is 0 Å². The molecular formula is C21H21F3N2O2. The fourth-order valence-electron chi connectivity index (χ4n) is 4.02. The lowest BCUT2D eigenvalue weighted by Gasteiger charge is -2.27. The number of carbonyl (C=O) groups excluding carboxylic acids is 1. The Hall–Kier alpha value is -2.54. The highest BCUT2D eigenvalue weighted by Crippen LogP contribution is 2.43. The SMILES string of the molecule is O=C(NC[C@@H]1CCN(CC(F)(F)F)C1)C1c2ccccc2Oc2ccccc21. The number of hydrogen-bond acceptors (Lipinski definition) is 3. The molecule has 2 aliphatic rings. The van der Waals surface area contributed by atoms with Crippen molar-refractivity contribution >= 4 is 5.91 Å². The first-order valence-corrected chi connectivity index (χ1v) is 9.33. The first-order chi connectivity index (χ1) is 13.4. The van der Waals surface area contributed by atoms with E-state index >= 15 is 0 Å². The van der Waals surface area contributed by atoms with Crippen LogP contribution < -0.4 is 10.1 Å². The summed E-state index contributed by atoms with van der Waals surface area (Å²) < 4.78 is 43.6. The number of halogens is 3. The molecule has 1 amide bonds. The molecule has 4 rings (SSSR count). The van der Waals surface area contributed by atoms with Crippen LogP contribution in [0.1, 0.15) is 23.5 Å². The summed E-state index contributed by atoms with van der Waals surface area (Å²) in [4.78, 5) is 14.4. The normalized spacial score (nSPS) is 19.6. The summed E-state index contributed by atoms with van der Waals surface area (Å²) in [5.41, 5.74) is 1.59. The molecule has 148 valence electrons. The molecule has 1 saturated heterocycles. The first-order valence-electron chi connectivity index (χ1n) is 9.33. The van der Waals surface area contributed by atoms with Crippen LogP contribution in [0.4, 0.5) is 13.2 Å². The van der Waals surface area contributed by atoms with Crippen molar-refractivity contribution in [3.8, 4) is 11.5 Å². The Kier molecular flexibility index (Phi) is 5.02. The second-order valence-electron chi connectivity index (χ2n) is 7.36. The topological polar surface area (TPSA) is 41.6 Å². The third-order valence-corrected chi connectivity index (χ3v) is 5.28. The molecule has 0 radical (unpaired) electrons. The molecule has 7 heteroatoms. The maximum absolute atomic E-state index is 13.0. The molecule has 4 nitrogen and oxygen atoms in total. The van der Waals surface area contributed by atoms with Crippen LogP contribution in [-0.4, -0.2) is 43.2 Å².